The normalized spacial score (nSPS) is 14.8. The number of likely N-dealkylation sites (N-methyl/N-ethyl adjacent to an activating group) is 1. The molecule has 4 rings (SSSR count). The third-order valence-corrected chi connectivity index (χ3v) is 6.15. The van der Waals surface area contributed by atoms with E-state index in [0.29, 0.717) is 5.75 Å². The number of hydrogen-bond donors (Lipinski definition) is 2. The van der Waals surface area contributed by atoms with Gasteiger partial charge in [0.2, 0.25) is 0 Å². The molecule has 0 spiro atoms. The molecule has 1 fully saturated rings. The molecule has 0 aliphatic carbocycles. The molecule has 1 aliphatic heterocycles. The lowest BCUT2D eigenvalue weighted by molar-refractivity contribution is 0.129. The zero-order chi connectivity index (χ0) is 24.6. The maximum absolute atomic E-state index is 13.8. The molecular weight excluding hydrogens is 459 g/mol. The van der Waals surface area contributed by atoms with E-state index in [-0.39, 0.29) is 22.4 Å². The van der Waals surface area contributed by atoms with Crippen LogP contribution in [-0.2, 0) is 0 Å². The van der Waals surface area contributed by atoms with Crippen LogP contribution in [0.3, 0.4) is 0 Å². The Morgan fingerprint density at radius 3 is 2.79 bits per heavy atom. The van der Waals surface area contributed by atoms with Crippen LogP contribution in [0, 0.1) is 5.82 Å². The quantitative estimate of drug-likeness (QED) is 0.495. The number of phenolic OH excluding ortho intramolecular Hbond substituents is 1. The van der Waals surface area contributed by atoms with E-state index in [2.05, 4.69) is 26.5 Å². The van der Waals surface area contributed by atoms with Gasteiger partial charge < -0.3 is 25.4 Å². The molecule has 34 heavy (non-hydrogen) atoms. The molecule has 1 aromatic carbocycles. The number of hydrogen-bond acceptors (Lipinski definition) is 7. The highest BCUT2D eigenvalue weighted by Gasteiger charge is 2.30. The molecule has 3 heterocycles. The molecule has 1 aliphatic rings. The molecule has 1 saturated heterocycles. The Kier molecular flexibility index (Phi) is 6.67. The number of halogens is 2. The van der Waals surface area contributed by atoms with Gasteiger partial charge in [-0.05, 0) is 39.2 Å². The number of likely N-dealkylation sites (tertiary alicyclic amines) is 1. The van der Waals surface area contributed by atoms with Crippen molar-refractivity contribution < 1.29 is 14.2 Å². The van der Waals surface area contributed by atoms with Gasteiger partial charge in [-0.25, -0.2) is 9.37 Å². The minimum atomic E-state index is -0.776. The van der Waals surface area contributed by atoms with E-state index < -0.39 is 17.7 Å². The number of phenols is 1. The third kappa shape index (κ3) is 4.80. The average molecular weight is 487 g/mol. The van der Waals surface area contributed by atoms with Crippen LogP contribution in [-0.4, -0.2) is 63.4 Å². The van der Waals surface area contributed by atoms with Crippen molar-refractivity contribution in [3.63, 3.8) is 0 Å². The van der Waals surface area contributed by atoms with E-state index in [4.69, 9.17) is 22.1 Å². The van der Waals surface area contributed by atoms with E-state index in [1.54, 1.807) is 25.4 Å². The summed E-state index contributed by atoms with van der Waals surface area (Å²) in [6, 6.07) is 4.48. The Hall–Kier alpha value is -3.30. The van der Waals surface area contributed by atoms with Gasteiger partial charge in [0.25, 0.3) is 0 Å². The first-order valence-corrected chi connectivity index (χ1v) is 11.2. The van der Waals surface area contributed by atoms with Crippen LogP contribution in [0.1, 0.15) is 24.6 Å². The van der Waals surface area contributed by atoms with Crippen molar-refractivity contribution in [2.75, 3.05) is 39.5 Å². The van der Waals surface area contributed by atoms with Gasteiger partial charge in [0.15, 0.2) is 23.1 Å². The minimum absolute atomic E-state index is 0.143. The summed E-state index contributed by atoms with van der Waals surface area (Å²) in [5.41, 5.74) is 8.89. The third-order valence-electron chi connectivity index (χ3n) is 5.82. The van der Waals surface area contributed by atoms with Gasteiger partial charge in [-0.2, -0.15) is 5.10 Å². The fraction of sp³-hybridized carbons (Fsp3) is 0.333. The van der Waals surface area contributed by atoms with Crippen LogP contribution < -0.4 is 10.5 Å². The molecule has 3 aromatic rings. The van der Waals surface area contributed by atoms with E-state index in [0.717, 1.165) is 42.5 Å². The van der Waals surface area contributed by atoms with Crippen molar-refractivity contribution in [1.29, 1.82) is 0 Å². The molecule has 1 unspecified atom stereocenters. The first-order chi connectivity index (χ1) is 16.1. The summed E-state index contributed by atoms with van der Waals surface area (Å²) in [6.07, 6.45) is 4.62. The van der Waals surface area contributed by atoms with E-state index in [9.17, 15) is 9.50 Å². The van der Waals surface area contributed by atoms with Gasteiger partial charge in [0, 0.05) is 48.9 Å². The van der Waals surface area contributed by atoms with Crippen LogP contribution in [0.4, 0.5) is 10.2 Å². The van der Waals surface area contributed by atoms with Crippen LogP contribution in [0.2, 0.25) is 5.02 Å². The van der Waals surface area contributed by atoms with Gasteiger partial charge in [-0.1, -0.05) is 18.2 Å². The van der Waals surface area contributed by atoms with Crippen LogP contribution in [0.25, 0.3) is 11.1 Å². The lowest BCUT2D eigenvalue weighted by atomic mass is 10.1. The molecular formula is C24H28ClFN6O2. The lowest BCUT2D eigenvalue weighted by Crippen LogP contribution is -2.48. The van der Waals surface area contributed by atoms with Crippen LogP contribution >= 0.6 is 11.6 Å². The molecule has 0 saturated carbocycles. The number of anilines is 1. The Balaban J connectivity index is 1.48. The van der Waals surface area contributed by atoms with Gasteiger partial charge in [-0.15, -0.1) is 0 Å². The smallest absolute Gasteiger partial charge is 0.166 e. The highest BCUT2D eigenvalue weighted by atomic mass is 35.5. The van der Waals surface area contributed by atoms with E-state index in [1.807, 2.05) is 25.0 Å². The van der Waals surface area contributed by atoms with Gasteiger partial charge >= 0.3 is 0 Å². The number of aromatic hydroxyl groups is 1. The number of nitrogen functional groups attached to an aromatic ring is 1. The molecule has 1 atom stereocenters. The molecule has 0 bridgehead atoms. The average Bonchev–Trinajstić information content (AvgIpc) is 3.20. The standard InChI is InChI=1S/C24H28ClFN6O2/c1-14(10-30(3)4)31-12-18(13-31)32-11-17(9-29-32)16-7-21(24(27)28-8-16)34-15(2)22-19(25)5-6-20(26)23(22)33/h5-9,11,15,18,33H,1,10,12-13H2,2-4H3,(H2,27,28). The number of rotatable bonds is 8. The monoisotopic (exact) mass is 486 g/mol. The summed E-state index contributed by atoms with van der Waals surface area (Å²) in [6.45, 7) is 8.35. The summed E-state index contributed by atoms with van der Waals surface area (Å²) < 4.78 is 21.7. The van der Waals surface area contributed by atoms with Crippen molar-refractivity contribution in [1.82, 2.24) is 24.6 Å². The fourth-order valence-corrected chi connectivity index (χ4v) is 4.24. The largest absolute Gasteiger partial charge is 0.504 e. The summed E-state index contributed by atoms with van der Waals surface area (Å²) in [7, 11) is 4.05. The van der Waals surface area contributed by atoms with Crippen molar-refractivity contribution >= 4 is 17.4 Å². The van der Waals surface area contributed by atoms with Crippen LogP contribution in [0.15, 0.2) is 49.1 Å². The second-order valence-corrected chi connectivity index (χ2v) is 9.14. The second kappa shape index (κ2) is 9.52. The maximum Gasteiger partial charge on any atom is 0.166 e. The Morgan fingerprint density at radius 2 is 2.09 bits per heavy atom. The van der Waals surface area contributed by atoms with Gasteiger partial charge in [-0.3, -0.25) is 4.68 Å². The Bertz CT molecular complexity index is 1210. The molecule has 2 aromatic heterocycles. The highest BCUT2D eigenvalue weighted by Crippen LogP contribution is 2.38. The zero-order valence-electron chi connectivity index (χ0n) is 19.4. The first kappa shape index (κ1) is 23.8. The predicted octanol–water partition coefficient (Wildman–Crippen LogP) is 4.10. The number of ether oxygens (including phenoxy) is 1. The topological polar surface area (TPSA) is 92.7 Å². The Morgan fingerprint density at radius 1 is 1.35 bits per heavy atom. The number of aromatic nitrogens is 3. The van der Waals surface area contributed by atoms with Crippen molar-refractivity contribution in [2.45, 2.75) is 19.1 Å². The first-order valence-electron chi connectivity index (χ1n) is 10.8. The maximum atomic E-state index is 13.8. The number of nitrogens with two attached hydrogens (primary N) is 1. The molecule has 180 valence electrons. The highest BCUT2D eigenvalue weighted by molar-refractivity contribution is 6.31. The molecule has 0 amide bonds. The minimum Gasteiger partial charge on any atom is -0.504 e. The van der Waals surface area contributed by atoms with Gasteiger partial charge in [0.05, 0.1) is 22.8 Å². The van der Waals surface area contributed by atoms with Crippen molar-refractivity contribution in [2.24, 2.45) is 0 Å². The SMILES string of the molecule is C=C(CN(C)C)N1CC(n2cc(-c3cnc(N)c(OC(C)c4c(Cl)ccc(F)c4O)c3)cn2)C1. The van der Waals surface area contributed by atoms with Crippen LogP contribution in [0.5, 0.6) is 11.5 Å². The summed E-state index contributed by atoms with van der Waals surface area (Å²) in [5, 5.41) is 14.8. The fourth-order valence-electron chi connectivity index (χ4n) is 3.93. The Labute approximate surface area is 203 Å². The number of pyridine rings is 1. The van der Waals surface area contributed by atoms with Crippen molar-refractivity contribution in [3.05, 3.63) is 65.5 Å². The zero-order valence-corrected chi connectivity index (χ0v) is 20.1. The molecule has 0 radical (unpaired) electrons. The summed E-state index contributed by atoms with van der Waals surface area (Å²) >= 11 is 6.16. The predicted molar refractivity (Wildman–Crippen MR) is 130 cm³/mol. The summed E-state index contributed by atoms with van der Waals surface area (Å²) in [4.78, 5) is 8.58. The van der Waals surface area contributed by atoms with Gasteiger partial charge in [0.1, 0.15) is 6.10 Å². The number of nitrogens with zero attached hydrogens (tertiary/aromatic N) is 5. The second-order valence-electron chi connectivity index (χ2n) is 8.73. The van der Waals surface area contributed by atoms with Crippen molar-refractivity contribution in [3.8, 4) is 22.6 Å². The molecule has 10 heteroatoms. The van der Waals surface area contributed by atoms with E-state index >= 15 is 0 Å². The molecule has 8 nitrogen and oxygen atoms in total. The lowest BCUT2D eigenvalue weighted by Gasteiger charge is -2.42. The van der Waals surface area contributed by atoms with E-state index in [1.165, 1.54) is 6.07 Å². The molecule has 3 N–H and O–H groups in total. The summed E-state index contributed by atoms with van der Waals surface area (Å²) in [5.74, 6) is -0.856. The number of benzene rings is 1.